The maximum Gasteiger partial charge on any atom is 0.315 e. The molecule has 1 heterocycles. The van der Waals surface area contributed by atoms with Gasteiger partial charge < -0.3 is 34.7 Å². The molecule has 0 spiro atoms. The summed E-state index contributed by atoms with van der Waals surface area (Å²) in [5.41, 5.74) is 3.41. The van der Waals surface area contributed by atoms with Gasteiger partial charge in [-0.05, 0) is 60.7 Å². The number of hydrogen-bond donors (Lipinski definition) is 3. The van der Waals surface area contributed by atoms with Crippen LogP contribution in [0.25, 0.3) is 0 Å². The summed E-state index contributed by atoms with van der Waals surface area (Å²) in [4.78, 5) is 25.2. The van der Waals surface area contributed by atoms with Crippen molar-refractivity contribution < 1.29 is 33.8 Å². The van der Waals surface area contributed by atoms with Crippen molar-refractivity contribution in [2.75, 3.05) is 38.6 Å². The number of ether oxygens (including phenoxy) is 4. The number of phenols is 1. The zero-order valence-corrected chi connectivity index (χ0v) is 23.1. The molecule has 11 heteroatoms. The lowest BCUT2D eigenvalue weighted by molar-refractivity contribution is -0.386. The Morgan fingerprint density at radius 2 is 1.61 bits per heavy atom. The predicted molar refractivity (Wildman–Crippen MR) is 152 cm³/mol. The van der Waals surface area contributed by atoms with E-state index in [1.54, 1.807) is 27.2 Å². The van der Waals surface area contributed by atoms with E-state index in [4.69, 9.17) is 18.9 Å². The minimum absolute atomic E-state index is 0.0234. The Hall–Kier alpha value is -4.93. The molecule has 0 amide bonds. The SMILES string of the molecule is CCOc1cc(C2Nc3ccccc3NC3=C2C(=O)CC(c2cc(OC)c(OC)c(OC)c2)C3)cc([N+](=O)[O-])c1O. The molecule has 2 atom stereocenters. The van der Waals surface area contributed by atoms with Gasteiger partial charge >= 0.3 is 5.69 Å². The molecule has 0 saturated carbocycles. The van der Waals surface area contributed by atoms with Crippen molar-refractivity contribution in [3.8, 4) is 28.7 Å². The van der Waals surface area contributed by atoms with Crippen molar-refractivity contribution in [2.45, 2.75) is 31.7 Å². The van der Waals surface area contributed by atoms with Crippen LogP contribution in [0.4, 0.5) is 17.1 Å². The number of methoxy groups -OCH3 is 3. The highest BCUT2D eigenvalue weighted by atomic mass is 16.6. The number of nitro benzene ring substituents is 1. The molecule has 1 aliphatic carbocycles. The standard InChI is InChI=1S/C30H31N3O8/c1-5-41-24-15-18(11-22(29(24)35)33(36)37)28-27-21(31-19-8-6-7-9-20(19)32-28)10-16(12-23(27)34)17-13-25(38-2)30(40-4)26(14-17)39-3/h6-9,11,13-16,28,31-32,35H,5,10,12H2,1-4H3. The van der Waals surface area contributed by atoms with Crippen LogP contribution in [0, 0.1) is 10.1 Å². The van der Waals surface area contributed by atoms with Crippen molar-refractivity contribution in [2.24, 2.45) is 0 Å². The van der Waals surface area contributed by atoms with E-state index >= 15 is 0 Å². The largest absolute Gasteiger partial charge is 0.500 e. The Labute approximate surface area is 236 Å². The number of hydrogen-bond acceptors (Lipinski definition) is 10. The number of ketones is 1. The number of allylic oxidation sites excluding steroid dienone is 1. The van der Waals surface area contributed by atoms with Gasteiger partial charge in [0.15, 0.2) is 23.0 Å². The average molecular weight is 562 g/mol. The van der Waals surface area contributed by atoms with E-state index in [0.717, 1.165) is 16.9 Å². The quantitative estimate of drug-likeness (QED) is 0.231. The molecule has 0 fully saturated rings. The topological polar surface area (TPSA) is 141 Å². The first-order chi connectivity index (χ1) is 19.8. The van der Waals surface area contributed by atoms with Crippen molar-refractivity contribution in [3.63, 3.8) is 0 Å². The Bertz CT molecular complexity index is 1530. The summed E-state index contributed by atoms with van der Waals surface area (Å²) < 4.78 is 22.1. The number of anilines is 2. The van der Waals surface area contributed by atoms with E-state index < -0.39 is 22.4 Å². The number of rotatable bonds is 8. The van der Waals surface area contributed by atoms with Crippen LogP contribution >= 0.6 is 0 Å². The molecule has 3 N–H and O–H groups in total. The fraction of sp³-hybridized carbons (Fsp3) is 0.300. The van der Waals surface area contributed by atoms with E-state index in [2.05, 4.69) is 10.6 Å². The van der Waals surface area contributed by atoms with E-state index in [-0.39, 0.29) is 30.5 Å². The second-order valence-corrected chi connectivity index (χ2v) is 9.70. The lowest BCUT2D eigenvalue weighted by atomic mass is 9.78. The fourth-order valence-corrected chi connectivity index (χ4v) is 5.50. The first kappa shape index (κ1) is 27.6. The van der Waals surface area contributed by atoms with Gasteiger partial charge in [0.1, 0.15) is 0 Å². The summed E-state index contributed by atoms with van der Waals surface area (Å²) in [6.07, 6.45) is 0.664. The summed E-state index contributed by atoms with van der Waals surface area (Å²) >= 11 is 0. The number of nitrogens with zero attached hydrogens (tertiary/aromatic N) is 1. The molecule has 0 saturated heterocycles. The third-order valence-corrected chi connectivity index (χ3v) is 7.37. The Kier molecular flexibility index (Phi) is 7.60. The number of fused-ring (bicyclic) bond motifs is 1. The molecule has 0 bridgehead atoms. The van der Waals surface area contributed by atoms with Crippen molar-refractivity contribution >= 4 is 22.8 Å². The second kappa shape index (κ2) is 11.3. The van der Waals surface area contributed by atoms with Gasteiger partial charge in [-0.15, -0.1) is 0 Å². The fourth-order valence-electron chi connectivity index (χ4n) is 5.50. The average Bonchev–Trinajstić information content (AvgIpc) is 3.14. The minimum atomic E-state index is -0.743. The lowest BCUT2D eigenvalue weighted by Crippen LogP contribution is -2.27. The van der Waals surface area contributed by atoms with Crippen LogP contribution in [0.2, 0.25) is 0 Å². The normalized spacial score (nSPS) is 17.8. The number of aromatic hydroxyl groups is 1. The maximum atomic E-state index is 14.0. The molecular formula is C30H31N3O8. The van der Waals surface area contributed by atoms with Gasteiger partial charge in [-0.2, -0.15) is 0 Å². The minimum Gasteiger partial charge on any atom is -0.500 e. The van der Waals surface area contributed by atoms with E-state index in [1.807, 2.05) is 36.4 Å². The monoisotopic (exact) mass is 561 g/mol. The van der Waals surface area contributed by atoms with Gasteiger partial charge in [0, 0.05) is 23.8 Å². The number of benzene rings is 3. The molecule has 2 unspecified atom stereocenters. The van der Waals surface area contributed by atoms with Crippen LogP contribution in [0.3, 0.4) is 0 Å². The summed E-state index contributed by atoms with van der Waals surface area (Å²) in [6.45, 7) is 1.91. The van der Waals surface area contributed by atoms with Crippen LogP contribution in [-0.2, 0) is 4.79 Å². The molecule has 11 nitrogen and oxygen atoms in total. The van der Waals surface area contributed by atoms with Crippen LogP contribution in [0.1, 0.15) is 42.9 Å². The summed E-state index contributed by atoms with van der Waals surface area (Å²) in [6, 6.07) is 13.3. The molecule has 3 aromatic carbocycles. The highest BCUT2D eigenvalue weighted by molar-refractivity contribution is 6.01. The number of carbonyl (C=O) groups excluding carboxylic acids is 1. The molecule has 3 aromatic rings. The predicted octanol–water partition coefficient (Wildman–Crippen LogP) is 5.70. The third kappa shape index (κ3) is 5.06. The van der Waals surface area contributed by atoms with Gasteiger partial charge in [-0.3, -0.25) is 14.9 Å². The highest BCUT2D eigenvalue weighted by Gasteiger charge is 2.38. The van der Waals surface area contributed by atoms with E-state index in [1.165, 1.54) is 13.2 Å². The molecule has 2 aliphatic rings. The summed E-state index contributed by atoms with van der Waals surface area (Å²) in [5.74, 6) is 0.535. The summed E-state index contributed by atoms with van der Waals surface area (Å²) in [5, 5.41) is 29.2. The highest BCUT2D eigenvalue weighted by Crippen LogP contribution is 2.48. The first-order valence-corrected chi connectivity index (χ1v) is 13.1. The van der Waals surface area contributed by atoms with Crippen molar-refractivity contribution in [3.05, 3.63) is 81.0 Å². The Morgan fingerprint density at radius 3 is 2.22 bits per heavy atom. The number of Topliss-reactive ketones (excluding diaryl/α,β-unsaturated/α-hetero) is 1. The number of carbonyl (C=O) groups is 1. The summed E-state index contributed by atoms with van der Waals surface area (Å²) in [7, 11) is 4.62. The molecule has 1 aliphatic heterocycles. The molecule has 0 aromatic heterocycles. The van der Waals surface area contributed by atoms with Crippen LogP contribution < -0.4 is 29.6 Å². The molecule has 41 heavy (non-hydrogen) atoms. The van der Waals surface area contributed by atoms with Crippen LogP contribution in [0.15, 0.2) is 59.8 Å². The number of para-hydroxylation sites is 2. The smallest absolute Gasteiger partial charge is 0.315 e. The molecule has 214 valence electrons. The zero-order chi connectivity index (χ0) is 29.3. The zero-order valence-electron chi connectivity index (χ0n) is 23.1. The Balaban J connectivity index is 1.65. The van der Waals surface area contributed by atoms with Gasteiger partial charge in [0.2, 0.25) is 11.5 Å². The number of phenolic OH excluding ortho intramolecular Hbond substituents is 1. The van der Waals surface area contributed by atoms with Gasteiger partial charge in [0.05, 0.1) is 50.3 Å². The van der Waals surface area contributed by atoms with Gasteiger partial charge in [-0.1, -0.05) is 12.1 Å². The van der Waals surface area contributed by atoms with Gasteiger partial charge in [-0.25, -0.2) is 0 Å². The second-order valence-electron chi connectivity index (χ2n) is 9.70. The first-order valence-electron chi connectivity index (χ1n) is 13.1. The van der Waals surface area contributed by atoms with Crippen LogP contribution in [0.5, 0.6) is 28.7 Å². The third-order valence-electron chi connectivity index (χ3n) is 7.37. The molecule has 5 rings (SSSR count). The number of nitro groups is 1. The molecular weight excluding hydrogens is 530 g/mol. The Morgan fingerprint density at radius 1 is 0.951 bits per heavy atom. The van der Waals surface area contributed by atoms with Crippen LogP contribution in [-0.4, -0.2) is 43.7 Å². The lowest BCUT2D eigenvalue weighted by Gasteiger charge is -2.30. The number of nitrogens with one attached hydrogen (secondary N) is 2. The van der Waals surface area contributed by atoms with Crippen molar-refractivity contribution in [1.29, 1.82) is 0 Å². The molecule has 0 radical (unpaired) electrons. The maximum absolute atomic E-state index is 14.0. The van der Waals surface area contributed by atoms with Crippen molar-refractivity contribution in [1.82, 2.24) is 0 Å². The van der Waals surface area contributed by atoms with E-state index in [9.17, 15) is 20.0 Å². The van der Waals surface area contributed by atoms with Gasteiger partial charge in [0.25, 0.3) is 0 Å². The van der Waals surface area contributed by atoms with E-state index in [0.29, 0.717) is 40.5 Å².